The van der Waals surface area contributed by atoms with E-state index in [0.717, 1.165) is 25.7 Å². The van der Waals surface area contributed by atoms with Crippen molar-refractivity contribution in [2.24, 2.45) is 11.8 Å². The van der Waals surface area contributed by atoms with Gasteiger partial charge in [0.2, 0.25) is 0 Å². The molecule has 0 amide bonds. The molecule has 0 bridgehead atoms. The van der Waals surface area contributed by atoms with Crippen molar-refractivity contribution in [2.45, 2.75) is 51.6 Å². The minimum atomic E-state index is -0.847. The quantitative estimate of drug-likeness (QED) is 0.732. The second kappa shape index (κ2) is 4.97. The largest absolute Gasteiger partial charge is 0.469 e. The van der Waals surface area contributed by atoms with Crippen LogP contribution in [-0.2, 0) is 9.53 Å². The van der Waals surface area contributed by atoms with E-state index in [-0.39, 0.29) is 17.8 Å². The summed E-state index contributed by atoms with van der Waals surface area (Å²) < 4.78 is 4.77. The number of hydrogen-bond donors (Lipinski definition) is 1. The van der Waals surface area contributed by atoms with Gasteiger partial charge in [0.1, 0.15) is 0 Å². The lowest BCUT2D eigenvalue weighted by Gasteiger charge is -2.42. The van der Waals surface area contributed by atoms with Crippen LogP contribution in [0.5, 0.6) is 0 Å². The van der Waals surface area contributed by atoms with Crippen LogP contribution in [0, 0.1) is 11.8 Å². The second-order valence-electron chi connectivity index (χ2n) is 4.62. The summed E-state index contributed by atoms with van der Waals surface area (Å²) >= 11 is 0. The van der Waals surface area contributed by atoms with Gasteiger partial charge in [-0.05, 0) is 25.2 Å². The second-order valence-corrected chi connectivity index (χ2v) is 4.62. The van der Waals surface area contributed by atoms with Gasteiger partial charge in [-0.2, -0.15) is 0 Å². The Balaban J connectivity index is 2.83. The highest BCUT2D eigenvalue weighted by Gasteiger charge is 2.46. The lowest BCUT2D eigenvalue weighted by molar-refractivity contribution is -0.164. The highest BCUT2D eigenvalue weighted by molar-refractivity contribution is 5.73. The molecule has 0 saturated heterocycles. The maximum atomic E-state index is 11.6. The summed E-state index contributed by atoms with van der Waals surface area (Å²) in [5.74, 6) is -0.443. The first kappa shape index (κ1) is 12.5. The van der Waals surface area contributed by atoms with Gasteiger partial charge >= 0.3 is 5.97 Å². The standard InChI is InChI=1S/C12H22O3/c1-4-10(11(13)15-3)12(14)8-6-5-7-9(12)2/h9-10,14H,4-8H2,1-3H3. The molecular weight excluding hydrogens is 192 g/mol. The van der Waals surface area contributed by atoms with Gasteiger partial charge < -0.3 is 9.84 Å². The third-order valence-corrected chi connectivity index (χ3v) is 3.82. The van der Waals surface area contributed by atoms with E-state index in [0.29, 0.717) is 6.42 Å². The van der Waals surface area contributed by atoms with Gasteiger partial charge in [-0.25, -0.2) is 0 Å². The molecule has 15 heavy (non-hydrogen) atoms. The summed E-state index contributed by atoms with van der Waals surface area (Å²) in [6, 6.07) is 0. The van der Waals surface area contributed by atoms with Crippen molar-refractivity contribution in [3.05, 3.63) is 0 Å². The van der Waals surface area contributed by atoms with Crippen molar-refractivity contribution in [3.63, 3.8) is 0 Å². The molecule has 0 aromatic carbocycles. The molecule has 3 atom stereocenters. The predicted octanol–water partition coefficient (Wildman–Crippen LogP) is 2.13. The molecule has 1 rings (SSSR count). The Morgan fingerprint density at radius 1 is 1.60 bits per heavy atom. The molecule has 88 valence electrons. The van der Waals surface area contributed by atoms with Gasteiger partial charge in [0.15, 0.2) is 0 Å². The normalized spacial score (nSPS) is 33.5. The van der Waals surface area contributed by atoms with Crippen LogP contribution < -0.4 is 0 Å². The molecule has 3 heteroatoms. The van der Waals surface area contributed by atoms with Crippen LogP contribution in [0.4, 0.5) is 0 Å². The molecule has 1 aliphatic carbocycles. The maximum Gasteiger partial charge on any atom is 0.311 e. The maximum absolute atomic E-state index is 11.6. The Labute approximate surface area is 91.8 Å². The van der Waals surface area contributed by atoms with E-state index < -0.39 is 5.60 Å². The van der Waals surface area contributed by atoms with E-state index in [1.165, 1.54) is 7.11 Å². The van der Waals surface area contributed by atoms with E-state index in [1.54, 1.807) is 0 Å². The summed E-state index contributed by atoms with van der Waals surface area (Å²) in [5.41, 5.74) is -0.847. The minimum absolute atomic E-state index is 0.190. The van der Waals surface area contributed by atoms with Gasteiger partial charge in [0.05, 0.1) is 18.6 Å². The first-order valence-corrected chi connectivity index (χ1v) is 5.86. The van der Waals surface area contributed by atoms with Crippen molar-refractivity contribution >= 4 is 5.97 Å². The fraction of sp³-hybridized carbons (Fsp3) is 0.917. The van der Waals surface area contributed by atoms with Crippen molar-refractivity contribution in [1.82, 2.24) is 0 Å². The zero-order valence-corrected chi connectivity index (χ0v) is 9.95. The number of esters is 1. The Bertz CT molecular complexity index is 227. The summed E-state index contributed by atoms with van der Waals surface area (Å²) in [6.45, 7) is 3.96. The summed E-state index contributed by atoms with van der Waals surface area (Å²) in [6.07, 6.45) is 4.54. The number of aliphatic hydroxyl groups is 1. The molecule has 0 aliphatic heterocycles. The topological polar surface area (TPSA) is 46.5 Å². The fourth-order valence-corrected chi connectivity index (χ4v) is 2.74. The predicted molar refractivity (Wildman–Crippen MR) is 58.4 cm³/mol. The first-order chi connectivity index (χ1) is 7.06. The van der Waals surface area contributed by atoms with E-state index in [4.69, 9.17) is 4.74 Å². The average Bonchev–Trinajstić information content (AvgIpc) is 2.23. The molecular formula is C12H22O3. The third kappa shape index (κ3) is 2.33. The number of methoxy groups -OCH3 is 1. The van der Waals surface area contributed by atoms with E-state index in [1.807, 2.05) is 13.8 Å². The average molecular weight is 214 g/mol. The third-order valence-electron chi connectivity index (χ3n) is 3.82. The van der Waals surface area contributed by atoms with Crippen LogP contribution in [0.3, 0.4) is 0 Å². The minimum Gasteiger partial charge on any atom is -0.469 e. The molecule has 0 aromatic heterocycles. The highest BCUT2D eigenvalue weighted by atomic mass is 16.5. The molecule has 1 fully saturated rings. The van der Waals surface area contributed by atoms with Gasteiger partial charge in [0.25, 0.3) is 0 Å². The number of rotatable bonds is 3. The molecule has 3 nitrogen and oxygen atoms in total. The van der Waals surface area contributed by atoms with Crippen molar-refractivity contribution in [2.75, 3.05) is 7.11 Å². The van der Waals surface area contributed by atoms with Crippen molar-refractivity contribution in [1.29, 1.82) is 0 Å². The molecule has 1 saturated carbocycles. The number of hydrogen-bond acceptors (Lipinski definition) is 3. The van der Waals surface area contributed by atoms with Crippen molar-refractivity contribution < 1.29 is 14.6 Å². The van der Waals surface area contributed by atoms with Gasteiger partial charge in [-0.1, -0.05) is 26.7 Å². The van der Waals surface area contributed by atoms with E-state index in [9.17, 15) is 9.90 Å². The summed E-state index contributed by atoms with van der Waals surface area (Å²) in [7, 11) is 1.39. The molecule has 0 radical (unpaired) electrons. The van der Waals surface area contributed by atoms with Gasteiger partial charge in [0, 0.05) is 0 Å². The molecule has 3 unspecified atom stereocenters. The molecule has 1 N–H and O–H groups in total. The SMILES string of the molecule is CCC(C(=O)OC)C1(O)CCCCC1C. The van der Waals surface area contributed by atoms with E-state index >= 15 is 0 Å². The molecule has 0 aromatic rings. The Kier molecular flexibility index (Phi) is 4.14. The number of ether oxygens (including phenoxy) is 1. The molecule has 1 aliphatic rings. The van der Waals surface area contributed by atoms with Crippen LogP contribution in [0.15, 0.2) is 0 Å². The Hall–Kier alpha value is -0.570. The number of carbonyl (C=O) groups is 1. The first-order valence-electron chi connectivity index (χ1n) is 5.86. The van der Waals surface area contributed by atoms with Crippen LogP contribution in [0.25, 0.3) is 0 Å². The van der Waals surface area contributed by atoms with Gasteiger partial charge in [-0.15, -0.1) is 0 Å². The van der Waals surface area contributed by atoms with E-state index in [2.05, 4.69) is 0 Å². The van der Waals surface area contributed by atoms with Crippen LogP contribution >= 0.6 is 0 Å². The highest BCUT2D eigenvalue weighted by Crippen LogP contribution is 2.40. The zero-order chi connectivity index (χ0) is 11.5. The lowest BCUT2D eigenvalue weighted by atomic mass is 9.68. The van der Waals surface area contributed by atoms with Crippen LogP contribution in [0.2, 0.25) is 0 Å². The summed E-state index contributed by atoms with van der Waals surface area (Å²) in [4.78, 5) is 11.6. The zero-order valence-electron chi connectivity index (χ0n) is 9.95. The number of carbonyl (C=O) groups excluding carboxylic acids is 1. The van der Waals surface area contributed by atoms with Crippen LogP contribution in [0.1, 0.15) is 46.0 Å². The Morgan fingerprint density at radius 3 is 2.73 bits per heavy atom. The van der Waals surface area contributed by atoms with Gasteiger partial charge in [-0.3, -0.25) is 4.79 Å². The summed E-state index contributed by atoms with van der Waals surface area (Å²) in [5, 5.41) is 10.6. The Morgan fingerprint density at radius 2 is 2.27 bits per heavy atom. The van der Waals surface area contributed by atoms with Crippen LogP contribution in [-0.4, -0.2) is 23.8 Å². The molecule has 0 heterocycles. The monoisotopic (exact) mass is 214 g/mol. The molecule has 0 spiro atoms. The van der Waals surface area contributed by atoms with Crippen molar-refractivity contribution in [3.8, 4) is 0 Å². The lowest BCUT2D eigenvalue weighted by Crippen LogP contribution is -2.49. The fourth-order valence-electron chi connectivity index (χ4n) is 2.74. The smallest absolute Gasteiger partial charge is 0.311 e.